The van der Waals surface area contributed by atoms with E-state index >= 15 is 0 Å². The van der Waals surface area contributed by atoms with Crippen molar-refractivity contribution >= 4 is 37.5 Å². The summed E-state index contributed by atoms with van der Waals surface area (Å²) in [6.45, 7) is 6.40. The van der Waals surface area contributed by atoms with Gasteiger partial charge in [-0.05, 0) is 68.3 Å². The molecule has 1 aromatic heterocycles. The first kappa shape index (κ1) is 37.1. The van der Waals surface area contributed by atoms with Crippen LogP contribution in [0.4, 0.5) is 11.4 Å². The monoisotopic (exact) mass is 725 g/mol. The summed E-state index contributed by atoms with van der Waals surface area (Å²) in [5.74, 6) is -1.52. The fourth-order valence-corrected chi connectivity index (χ4v) is 10.6. The van der Waals surface area contributed by atoms with E-state index in [1.54, 1.807) is 39.9 Å². The summed E-state index contributed by atoms with van der Waals surface area (Å²) >= 11 is 0. The summed E-state index contributed by atoms with van der Waals surface area (Å²) in [4.78, 5) is 53.2. The maximum atomic E-state index is 14.8. The summed E-state index contributed by atoms with van der Waals surface area (Å²) in [5, 5.41) is 21.9. The molecule has 0 bridgehead atoms. The first-order valence-corrected chi connectivity index (χ1v) is 20.9. The quantitative estimate of drug-likeness (QED) is 0.0900. The normalized spacial score (nSPS) is 21.7. The number of benzene rings is 3. The lowest BCUT2D eigenvalue weighted by Crippen LogP contribution is -2.46. The predicted octanol–water partition coefficient (Wildman–Crippen LogP) is 5.23. The number of rotatable bonds is 14. The molecule has 13 heteroatoms. The van der Waals surface area contributed by atoms with E-state index in [0.29, 0.717) is 60.5 Å². The molecule has 0 saturated carbocycles. The molecular formula is C39H47N5O7Si. The molecule has 1 unspecified atom stereocenters. The third-order valence-electron chi connectivity index (χ3n) is 10.5. The molecule has 2 aliphatic rings. The Labute approximate surface area is 304 Å². The molecule has 1 fully saturated rings. The summed E-state index contributed by atoms with van der Waals surface area (Å²) in [5.41, 5.74) is 2.22. The van der Waals surface area contributed by atoms with Gasteiger partial charge >= 0.3 is 5.97 Å². The first-order chi connectivity index (χ1) is 25.0. The highest BCUT2D eigenvalue weighted by Gasteiger charge is 2.66. The number of unbranched alkanes of at least 4 members (excludes halogenated alkanes) is 1. The van der Waals surface area contributed by atoms with Gasteiger partial charge < -0.3 is 29.6 Å². The van der Waals surface area contributed by atoms with E-state index in [4.69, 9.17) is 9.47 Å². The van der Waals surface area contributed by atoms with Crippen LogP contribution in [0.2, 0.25) is 18.6 Å². The number of methoxy groups -OCH3 is 1. The zero-order valence-electron chi connectivity index (χ0n) is 30.1. The number of ether oxygens (including phenoxy) is 2. The topological polar surface area (TPSA) is 156 Å². The Morgan fingerprint density at radius 1 is 1.04 bits per heavy atom. The van der Waals surface area contributed by atoms with E-state index < -0.39 is 25.9 Å². The Hall–Kier alpha value is -4.69. The standard InChI is InChI=1S/C39H47N5O7Si/c1-26-36(52(3,4)49)34(20-22-43-24-32(41-42-43)30(25-45)27-13-7-5-8-14-27)51-39(26)31-23-29(40-37(47)28-15-9-6-10-16-28)18-19-33(31)44(38(39)48)21-12-11-17-35(46)50-2/h5-10,13-16,18-19,23-24,26,30,34,36,45,49H,11-12,17,20-22,25H2,1-4H3,(H,40,47)/t26-,30?,34+,36-,39+/m0/s1. The molecule has 1 saturated heterocycles. The SMILES string of the molecule is COC(=O)CCCCN1C(=O)[C@]2(O[C@H](CCn3cc(C(CO)c4ccccc4)nn3)[C@@H]([Si](C)(C)O)[C@@H]2C)c2cc(NC(=O)c3ccccc3)ccc21. The summed E-state index contributed by atoms with van der Waals surface area (Å²) in [6, 6.07) is 24.0. The second kappa shape index (κ2) is 15.5. The molecule has 1 spiro atoms. The van der Waals surface area contributed by atoms with E-state index in [9.17, 15) is 24.3 Å². The Kier molecular flexibility index (Phi) is 11.1. The molecule has 2 aliphatic heterocycles. The van der Waals surface area contributed by atoms with Crippen LogP contribution in [0.1, 0.15) is 65.7 Å². The molecule has 5 atom stereocenters. The van der Waals surface area contributed by atoms with Crippen LogP contribution in [0.5, 0.6) is 0 Å². The van der Waals surface area contributed by atoms with Gasteiger partial charge in [-0.2, -0.15) is 0 Å². The molecule has 3 aromatic carbocycles. The van der Waals surface area contributed by atoms with Crippen molar-refractivity contribution in [2.75, 3.05) is 30.5 Å². The van der Waals surface area contributed by atoms with Gasteiger partial charge in [-0.3, -0.25) is 19.1 Å². The number of carbonyl (C=O) groups excluding carboxylic acids is 3. The number of esters is 1. The minimum Gasteiger partial charge on any atom is -0.469 e. The zero-order valence-corrected chi connectivity index (χ0v) is 31.1. The van der Waals surface area contributed by atoms with Gasteiger partial charge in [0.15, 0.2) is 13.9 Å². The first-order valence-electron chi connectivity index (χ1n) is 17.8. The molecule has 3 N–H and O–H groups in total. The van der Waals surface area contributed by atoms with Crippen molar-refractivity contribution in [2.45, 2.75) is 75.4 Å². The average Bonchev–Trinajstić information content (AvgIpc) is 3.80. The molecule has 2 amide bonds. The number of nitrogens with one attached hydrogen (secondary N) is 1. The second-order valence-corrected chi connectivity index (χ2v) is 18.2. The highest BCUT2D eigenvalue weighted by molar-refractivity contribution is 6.71. The molecule has 274 valence electrons. The lowest BCUT2D eigenvalue weighted by atomic mass is 9.82. The van der Waals surface area contributed by atoms with Gasteiger partial charge in [-0.15, -0.1) is 5.10 Å². The van der Waals surface area contributed by atoms with Crippen molar-refractivity contribution in [1.29, 1.82) is 0 Å². The van der Waals surface area contributed by atoms with Crippen LogP contribution >= 0.6 is 0 Å². The number of carbonyl (C=O) groups is 3. The fraction of sp³-hybridized carbons (Fsp3) is 0.410. The third kappa shape index (κ3) is 7.31. The summed E-state index contributed by atoms with van der Waals surface area (Å²) < 4.78 is 13.5. The molecule has 4 aromatic rings. The van der Waals surface area contributed by atoms with Gasteiger partial charge in [0.25, 0.3) is 11.8 Å². The van der Waals surface area contributed by atoms with Crippen LogP contribution in [0, 0.1) is 5.92 Å². The van der Waals surface area contributed by atoms with E-state index in [2.05, 4.69) is 15.6 Å². The highest BCUT2D eigenvalue weighted by Crippen LogP contribution is 2.60. The number of amides is 2. The van der Waals surface area contributed by atoms with Crippen molar-refractivity contribution in [3.8, 4) is 0 Å². The summed E-state index contributed by atoms with van der Waals surface area (Å²) in [6.07, 6.45) is 3.15. The maximum Gasteiger partial charge on any atom is 0.305 e. The van der Waals surface area contributed by atoms with Crippen LogP contribution in [0.15, 0.2) is 85.1 Å². The number of aromatic nitrogens is 3. The predicted molar refractivity (Wildman–Crippen MR) is 198 cm³/mol. The van der Waals surface area contributed by atoms with E-state index in [1.807, 2.05) is 74.7 Å². The average molecular weight is 726 g/mol. The third-order valence-corrected chi connectivity index (χ3v) is 13.0. The van der Waals surface area contributed by atoms with Crippen molar-refractivity contribution < 1.29 is 33.8 Å². The number of fused-ring (bicyclic) bond motifs is 2. The molecule has 0 radical (unpaired) electrons. The highest BCUT2D eigenvalue weighted by atomic mass is 28.4. The van der Waals surface area contributed by atoms with Gasteiger partial charge in [0.1, 0.15) is 0 Å². The minimum absolute atomic E-state index is 0.116. The Balaban J connectivity index is 1.30. The Morgan fingerprint density at radius 3 is 2.42 bits per heavy atom. The van der Waals surface area contributed by atoms with Crippen LogP contribution < -0.4 is 10.2 Å². The Bertz CT molecular complexity index is 1880. The van der Waals surface area contributed by atoms with Gasteiger partial charge in [-0.25, -0.2) is 0 Å². The largest absolute Gasteiger partial charge is 0.469 e. The van der Waals surface area contributed by atoms with Crippen molar-refractivity contribution in [1.82, 2.24) is 15.0 Å². The number of aliphatic hydroxyl groups is 1. The molecule has 0 aliphatic carbocycles. The fourth-order valence-electron chi connectivity index (χ4n) is 7.98. The van der Waals surface area contributed by atoms with E-state index in [-0.39, 0.29) is 42.3 Å². The van der Waals surface area contributed by atoms with E-state index in [0.717, 1.165) is 5.56 Å². The number of hydrogen-bond donors (Lipinski definition) is 3. The van der Waals surface area contributed by atoms with Gasteiger partial charge in [0.05, 0.1) is 37.1 Å². The van der Waals surface area contributed by atoms with Crippen LogP contribution in [-0.4, -0.2) is 77.4 Å². The van der Waals surface area contributed by atoms with E-state index in [1.165, 1.54) is 7.11 Å². The second-order valence-electron chi connectivity index (χ2n) is 14.2. The molecule has 3 heterocycles. The lowest BCUT2D eigenvalue weighted by Gasteiger charge is -2.32. The van der Waals surface area contributed by atoms with Gasteiger partial charge in [0, 0.05) is 54.0 Å². The zero-order chi connectivity index (χ0) is 37.0. The van der Waals surface area contributed by atoms with Crippen LogP contribution in [-0.2, 0) is 31.2 Å². The van der Waals surface area contributed by atoms with Crippen molar-refractivity contribution in [3.63, 3.8) is 0 Å². The van der Waals surface area contributed by atoms with Crippen LogP contribution in [0.3, 0.4) is 0 Å². The van der Waals surface area contributed by atoms with Crippen molar-refractivity contribution in [3.05, 3.63) is 107 Å². The molecular weight excluding hydrogens is 679 g/mol. The smallest absolute Gasteiger partial charge is 0.305 e. The summed E-state index contributed by atoms with van der Waals surface area (Å²) in [7, 11) is -1.59. The van der Waals surface area contributed by atoms with Crippen LogP contribution in [0.25, 0.3) is 0 Å². The number of hydrogen-bond acceptors (Lipinski definition) is 9. The molecule has 52 heavy (non-hydrogen) atoms. The number of aliphatic hydroxyl groups excluding tert-OH is 1. The van der Waals surface area contributed by atoms with Gasteiger partial charge in [0.2, 0.25) is 0 Å². The Morgan fingerprint density at radius 2 is 1.75 bits per heavy atom. The van der Waals surface area contributed by atoms with Crippen molar-refractivity contribution in [2.24, 2.45) is 5.92 Å². The number of nitrogens with zero attached hydrogens (tertiary/aromatic N) is 4. The number of aryl methyl sites for hydroxylation is 1. The lowest BCUT2D eigenvalue weighted by molar-refractivity contribution is -0.146. The maximum absolute atomic E-state index is 14.8. The number of anilines is 2. The molecule has 12 nitrogen and oxygen atoms in total. The molecule has 6 rings (SSSR count). The van der Waals surface area contributed by atoms with Gasteiger partial charge in [-0.1, -0.05) is 60.7 Å². The minimum atomic E-state index is -2.94.